The van der Waals surface area contributed by atoms with Gasteiger partial charge in [0.15, 0.2) is 0 Å². The Morgan fingerprint density at radius 1 is 1.24 bits per heavy atom. The molecule has 8 heteroatoms. The summed E-state index contributed by atoms with van der Waals surface area (Å²) in [6.45, 7) is -0.0525. The Balaban J connectivity index is 2.17. The molecule has 0 amide bonds. The fourth-order valence-corrected chi connectivity index (χ4v) is 2.87. The van der Waals surface area contributed by atoms with Crippen LogP contribution in [0.1, 0.15) is 5.56 Å². The van der Waals surface area contributed by atoms with Crippen LogP contribution in [0, 0.1) is 5.82 Å². The third kappa shape index (κ3) is 3.63. The SMILES string of the molecule is Nc1cc(S(=O)(=O)NCc2ccc(F)c(Cl)c2)ccc1O. The van der Waals surface area contributed by atoms with Gasteiger partial charge in [-0.3, -0.25) is 0 Å². The van der Waals surface area contributed by atoms with Gasteiger partial charge in [0.05, 0.1) is 15.6 Å². The Bertz CT molecular complexity index is 781. The van der Waals surface area contributed by atoms with E-state index >= 15 is 0 Å². The molecule has 0 aliphatic rings. The number of rotatable bonds is 4. The van der Waals surface area contributed by atoms with Gasteiger partial charge in [-0.2, -0.15) is 0 Å². The minimum Gasteiger partial charge on any atom is -0.506 e. The summed E-state index contributed by atoms with van der Waals surface area (Å²) >= 11 is 5.62. The van der Waals surface area contributed by atoms with Crippen LogP contribution in [0.15, 0.2) is 41.3 Å². The number of aromatic hydroxyl groups is 1. The van der Waals surface area contributed by atoms with Crippen molar-refractivity contribution in [3.05, 3.63) is 52.8 Å². The number of sulfonamides is 1. The van der Waals surface area contributed by atoms with E-state index in [1.807, 2.05) is 0 Å². The lowest BCUT2D eigenvalue weighted by Gasteiger charge is -2.08. The smallest absolute Gasteiger partial charge is 0.240 e. The molecule has 5 nitrogen and oxygen atoms in total. The molecule has 0 unspecified atom stereocenters. The van der Waals surface area contributed by atoms with Crippen LogP contribution in [0.5, 0.6) is 5.75 Å². The zero-order chi connectivity index (χ0) is 15.6. The van der Waals surface area contributed by atoms with Gasteiger partial charge in [-0.05, 0) is 35.9 Å². The van der Waals surface area contributed by atoms with Gasteiger partial charge in [-0.25, -0.2) is 17.5 Å². The molecule has 0 saturated carbocycles. The minimum absolute atomic E-state index is 0.0392. The molecule has 2 aromatic rings. The van der Waals surface area contributed by atoms with Crippen LogP contribution in [-0.2, 0) is 16.6 Å². The standard InChI is InChI=1S/C13H12ClFN2O3S/c14-10-5-8(1-3-11(10)15)7-17-21(19,20)9-2-4-13(18)12(16)6-9/h1-6,17-18H,7,16H2. The van der Waals surface area contributed by atoms with Crippen LogP contribution in [0.3, 0.4) is 0 Å². The molecule has 0 aliphatic heterocycles. The average molecular weight is 331 g/mol. The summed E-state index contributed by atoms with van der Waals surface area (Å²) in [6.07, 6.45) is 0. The highest BCUT2D eigenvalue weighted by atomic mass is 35.5. The van der Waals surface area contributed by atoms with E-state index in [4.69, 9.17) is 17.3 Å². The van der Waals surface area contributed by atoms with Gasteiger partial charge in [0.2, 0.25) is 10.0 Å². The first-order valence-electron chi connectivity index (χ1n) is 5.82. The van der Waals surface area contributed by atoms with E-state index < -0.39 is 15.8 Å². The van der Waals surface area contributed by atoms with Crippen molar-refractivity contribution in [1.29, 1.82) is 0 Å². The van der Waals surface area contributed by atoms with Gasteiger partial charge in [0.25, 0.3) is 0 Å². The molecule has 0 spiro atoms. The molecule has 2 aromatic carbocycles. The van der Waals surface area contributed by atoms with Crippen molar-refractivity contribution in [2.24, 2.45) is 0 Å². The lowest BCUT2D eigenvalue weighted by atomic mass is 10.2. The number of hydrogen-bond donors (Lipinski definition) is 3. The summed E-state index contributed by atoms with van der Waals surface area (Å²) in [6, 6.07) is 7.49. The maximum Gasteiger partial charge on any atom is 0.240 e. The van der Waals surface area contributed by atoms with Crippen molar-refractivity contribution in [3.63, 3.8) is 0 Å². The molecular weight excluding hydrogens is 319 g/mol. The topological polar surface area (TPSA) is 92.4 Å². The Morgan fingerprint density at radius 3 is 2.57 bits per heavy atom. The summed E-state index contributed by atoms with van der Waals surface area (Å²) < 4.78 is 39.5. The molecule has 112 valence electrons. The molecule has 0 heterocycles. The maximum absolute atomic E-state index is 13.0. The summed E-state index contributed by atoms with van der Waals surface area (Å²) in [7, 11) is -3.80. The fraction of sp³-hybridized carbons (Fsp3) is 0.0769. The molecule has 0 atom stereocenters. The summed E-state index contributed by atoms with van der Waals surface area (Å²) in [5.74, 6) is -0.770. The van der Waals surface area contributed by atoms with E-state index in [1.54, 1.807) is 0 Å². The Kier molecular flexibility index (Phi) is 4.36. The van der Waals surface area contributed by atoms with Gasteiger partial charge in [-0.1, -0.05) is 17.7 Å². The second kappa shape index (κ2) is 5.88. The minimum atomic E-state index is -3.80. The monoisotopic (exact) mass is 330 g/mol. The molecule has 21 heavy (non-hydrogen) atoms. The second-order valence-electron chi connectivity index (χ2n) is 4.29. The van der Waals surface area contributed by atoms with Crippen LogP contribution in [0.2, 0.25) is 5.02 Å². The van der Waals surface area contributed by atoms with E-state index in [-0.39, 0.29) is 27.9 Å². The number of hydrogen-bond acceptors (Lipinski definition) is 4. The molecule has 2 rings (SSSR count). The van der Waals surface area contributed by atoms with Crippen LogP contribution in [0.4, 0.5) is 10.1 Å². The average Bonchev–Trinajstić information content (AvgIpc) is 2.43. The van der Waals surface area contributed by atoms with Crippen molar-refractivity contribution < 1.29 is 17.9 Å². The molecule has 0 aliphatic carbocycles. The summed E-state index contributed by atoms with van der Waals surface area (Å²) in [5, 5.41) is 9.20. The normalized spacial score (nSPS) is 11.5. The van der Waals surface area contributed by atoms with Crippen molar-refractivity contribution in [2.45, 2.75) is 11.4 Å². The highest BCUT2D eigenvalue weighted by Gasteiger charge is 2.15. The maximum atomic E-state index is 13.0. The number of nitrogen functional groups attached to an aromatic ring is 1. The summed E-state index contributed by atoms with van der Waals surface area (Å²) in [4.78, 5) is -0.0778. The zero-order valence-corrected chi connectivity index (χ0v) is 12.2. The highest BCUT2D eigenvalue weighted by molar-refractivity contribution is 7.89. The number of nitrogens with two attached hydrogens (primary N) is 1. The largest absolute Gasteiger partial charge is 0.506 e. The van der Waals surface area contributed by atoms with Crippen LogP contribution < -0.4 is 10.5 Å². The van der Waals surface area contributed by atoms with Crippen molar-refractivity contribution >= 4 is 27.3 Å². The van der Waals surface area contributed by atoms with E-state index in [9.17, 15) is 17.9 Å². The predicted octanol–water partition coefficient (Wildman–Crippen LogP) is 2.25. The number of nitrogens with one attached hydrogen (secondary N) is 1. The zero-order valence-electron chi connectivity index (χ0n) is 10.7. The molecule has 0 saturated heterocycles. The van der Waals surface area contributed by atoms with Gasteiger partial charge in [-0.15, -0.1) is 0 Å². The van der Waals surface area contributed by atoms with Crippen LogP contribution >= 0.6 is 11.6 Å². The number of phenols is 1. The highest BCUT2D eigenvalue weighted by Crippen LogP contribution is 2.23. The second-order valence-corrected chi connectivity index (χ2v) is 6.47. The Morgan fingerprint density at radius 2 is 1.95 bits per heavy atom. The van der Waals surface area contributed by atoms with Crippen molar-refractivity contribution in [1.82, 2.24) is 4.72 Å². The van der Waals surface area contributed by atoms with E-state index in [0.717, 1.165) is 12.1 Å². The molecule has 0 radical (unpaired) electrons. The van der Waals surface area contributed by atoms with Crippen LogP contribution in [0.25, 0.3) is 0 Å². The van der Waals surface area contributed by atoms with Gasteiger partial charge < -0.3 is 10.8 Å². The van der Waals surface area contributed by atoms with Gasteiger partial charge in [0.1, 0.15) is 11.6 Å². The lowest BCUT2D eigenvalue weighted by Crippen LogP contribution is -2.23. The Hall–Kier alpha value is -1.83. The quantitative estimate of drug-likeness (QED) is 0.592. The van der Waals surface area contributed by atoms with Crippen LogP contribution in [-0.4, -0.2) is 13.5 Å². The number of phenolic OH excluding ortho intramolecular Hbond substituents is 1. The van der Waals surface area contributed by atoms with Crippen molar-refractivity contribution in [2.75, 3.05) is 5.73 Å². The fourth-order valence-electron chi connectivity index (χ4n) is 1.61. The first kappa shape index (κ1) is 15.6. The molecular formula is C13H12ClFN2O3S. The number of anilines is 1. The third-order valence-electron chi connectivity index (χ3n) is 2.76. The van der Waals surface area contributed by atoms with E-state index in [1.165, 1.54) is 24.3 Å². The third-order valence-corrected chi connectivity index (χ3v) is 4.45. The van der Waals surface area contributed by atoms with Gasteiger partial charge in [0, 0.05) is 6.54 Å². The predicted molar refractivity (Wildman–Crippen MR) is 78.0 cm³/mol. The van der Waals surface area contributed by atoms with Crippen molar-refractivity contribution in [3.8, 4) is 5.75 Å². The number of benzene rings is 2. The molecule has 0 fully saturated rings. The van der Waals surface area contributed by atoms with E-state index in [2.05, 4.69) is 4.72 Å². The van der Waals surface area contributed by atoms with E-state index in [0.29, 0.717) is 5.56 Å². The molecule has 0 bridgehead atoms. The first-order chi connectivity index (χ1) is 9.79. The van der Waals surface area contributed by atoms with Gasteiger partial charge >= 0.3 is 0 Å². The molecule has 0 aromatic heterocycles. The Labute approximate surface area is 126 Å². The first-order valence-corrected chi connectivity index (χ1v) is 7.68. The lowest BCUT2D eigenvalue weighted by molar-refractivity contribution is 0.477. The summed E-state index contributed by atoms with van der Waals surface area (Å²) in [5.41, 5.74) is 5.93. The molecule has 4 N–H and O–H groups in total. The number of halogens is 2.